The van der Waals surface area contributed by atoms with Crippen LogP contribution in [0.15, 0.2) is 29.4 Å². The summed E-state index contributed by atoms with van der Waals surface area (Å²) in [5, 5.41) is 16.9. The van der Waals surface area contributed by atoms with Crippen molar-refractivity contribution in [1.82, 2.24) is 30.8 Å². The fourth-order valence-corrected chi connectivity index (χ4v) is 2.29. The van der Waals surface area contributed by atoms with Crippen LogP contribution in [0.3, 0.4) is 0 Å². The van der Waals surface area contributed by atoms with E-state index >= 15 is 0 Å². The Labute approximate surface area is 131 Å². The van der Waals surface area contributed by atoms with E-state index in [4.69, 9.17) is 0 Å². The lowest BCUT2D eigenvalue weighted by Crippen LogP contribution is -2.36. The van der Waals surface area contributed by atoms with E-state index in [9.17, 15) is 9.59 Å². The molecule has 1 aromatic heterocycles. The average molecular weight is 320 g/mol. The Morgan fingerprint density at radius 1 is 1.23 bits per heavy atom. The standard InChI is InChI=1S/C13H16N6O2S/c1-9-3-5-10(6-4-9)19-13(16-17-18-19)22-8-12(21)15-7-11(20)14-2/h3-6H,7-8H2,1-2H3,(H,14,20)(H,15,21). The van der Waals surface area contributed by atoms with Crippen molar-refractivity contribution >= 4 is 23.6 Å². The molecule has 0 bridgehead atoms. The highest BCUT2D eigenvalue weighted by Crippen LogP contribution is 2.18. The maximum atomic E-state index is 11.7. The number of carbonyl (C=O) groups is 2. The van der Waals surface area contributed by atoms with Gasteiger partial charge in [-0.3, -0.25) is 9.59 Å². The minimum atomic E-state index is -0.257. The third-order valence-corrected chi connectivity index (χ3v) is 3.70. The van der Waals surface area contributed by atoms with Gasteiger partial charge in [-0.1, -0.05) is 29.5 Å². The van der Waals surface area contributed by atoms with Crippen molar-refractivity contribution < 1.29 is 9.59 Å². The Balaban J connectivity index is 1.94. The first-order valence-corrected chi connectivity index (χ1v) is 7.54. The Morgan fingerprint density at radius 2 is 1.95 bits per heavy atom. The fraction of sp³-hybridized carbons (Fsp3) is 0.308. The molecule has 0 unspecified atom stereocenters. The molecule has 2 amide bonds. The molecule has 0 atom stereocenters. The van der Waals surface area contributed by atoms with Gasteiger partial charge in [-0.05, 0) is 29.5 Å². The van der Waals surface area contributed by atoms with Crippen LogP contribution in [-0.2, 0) is 9.59 Å². The monoisotopic (exact) mass is 320 g/mol. The van der Waals surface area contributed by atoms with E-state index in [1.165, 1.54) is 18.8 Å². The third-order valence-electron chi connectivity index (χ3n) is 2.78. The second-order valence-electron chi connectivity index (χ2n) is 4.45. The summed E-state index contributed by atoms with van der Waals surface area (Å²) < 4.78 is 1.57. The molecule has 8 nitrogen and oxygen atoms in total. The van der Waals surface area contributed by atoms with E-state index < -0.39 is 0 Å². The van der Waals surface area contributed by atoms with Crippen LogP contribution >= 0.6 is 11.8 Å². The molecule has 0 aliphatic heterocycles. The number of tetrazole rings is 1. The topological polar surface area (TPSA) is 102 Å². The Kier molecular flexibility index (Phi) is 5.48. The minimum absolute atomic E-state index is 0.0429. The lowest BCUT2D eigenvalue weighted by molar-refractivity contribution is -0.124. The van der Waals surface area contributed by atoms with Crippen molar-refractivity contribution in [2.75, 3.05) is 19.3 Å². The summed E-state index contributed by atoms with van der Waals surface area (Å²) in [6.45, 7) is 1.95. The minimum Gasteiger partial charge on any atom is -0.358 e. The smallest absolute Gasteiger partial charge is 0.239 e. The molecule has 0 saturated carbocycles. The fourth-order valence-electron chi connectivity index (χ4n) is 1.57. The number of aromatic nitrogens is 4. The first kappa shape index (κ1) is 16.0. The number of rotatable bonds is 6. The van der Waals surface area contributed by atoms with E-state index in [2.05, 4.69) is 26.2 Å². The zero-order valence-corrected chi connectivity index (χ0v) is 13.1. The van der Waals surface area contributed by atoms with Crippen molar-refractivity contribution in [3.05, 3.63) is 29.8 Å². The van der Waals surface area contributed by atoms with Gasteiger partial charge < -0.3 is 10.6 Å². The van der Waals surface area contributed by atoms with Gasteiger partial charge in [0.15, 0.2) is 0 Å². The van der Waals surface area contributed by atoms with E-state index in [0.29, 0.717) is 5.16 Å². The molecule has 2 N–H and O–H groups in total. The SMILES string of the molecule is CNC(=O)CNC(=O)CSc1nnnn1-c1ccc(C)cc1. The predicted octanol–water partition coefficient (Wildman–Crippen LogP) is -0.0750. The number of nitrogens with zero attached hydrogens (tertiary/aromatic N) is 4. The zero-order valence-electron chi connectivity index (χ0n) is 12.2. The summed E-state index contributed by atoms with van der Waals surface area (Å²) in [4.78, 5) is 22.7. The lowest BCUT2D eigenvalue weighted by atomic mass is 10.2. The molecule has 0 aliphatic carbocycles. The predicted molar refractivity (Wildman–Crippen MR) is 81.7 cm³/mol. The molecule has 116 valence electrons. The van der Waals surface area contributed by atoms with Crippen molar-refractivity contribution in [2.45, 2.75) is 12.1 Å². The first-order valence-electron chi connectivity index (χ1n) is 6.55. The van der Waals surface area contributed by atoms with Gasteiger partial charge in [0.2, 0.25) is 17.0 Å². The Hall–Kier alpha value is -2.42. The van der Waals surface area contributed by atoms with Crippen molar-refractivity contribution in [3.8, 4) is 5.69 Å². The summed E-state index contributed by atoms with van der Waals surface area (Å²) >= 11 is 1.20. The van der Waals surface area contributed by atoms with Crippen molar-refractivity contribution in [2.24, 2.45) is 0 Å². The highest BCUT2D eigenvalue weighted by Gasteiger charge is 2.11. The number of thioether (sulfide) groups is 1. The number of benzene rings is 1. The number of likely N-dealkylation sites (N-methyl/N-ethyl adjacent to an activating group) is 1. The van der Waals surface area contributed by atoms with Gasteiger partial charge in [0.05, 0.1) is 18.0 Å². The van der Waals surface area contributed by atoms with Crippen LogP contribution in [0.2, 0.25) is 0 Å². The Morgan fingerprint density at radius 3 is 2.64 bits per heavy atom. The lowest BCUT2D eigenvalue weighted by Gasteiger charge is -2.05. The van der Waals surface area contributed by atoms with Gasteiger partial charge in [-0.15, -0.1) is 5.10 Å². The molecule has 0 saturated heterocycles. The van der Waals surface area contributed by atoms with Crippen LogP contribution in [0.4, 0.5) is 0 Å². The normalized spacial score (nSPS) is 10.3. The number of carbonyl (C=O) groups excluding carboxylic acids is 2. The molecule has 9 heteroatoms. The summed E-state index contributed by atoms with van der Waals surface area (Å²) in [5.74, 6) is -0.377. The molecule has 2 aromatic rings. The summed E-state index contributed by atoms with van der Waals surface area (Å²) in [6, 6.07) is 7.73. The molecule has 0 spiro atoms. The summed E-state index contributed by atoms with van der Waals surface area (Å²) in [5.41, 5.74) is 1.96. The summed E-state index contributed by atoms with van der Waals surface area (Å²) in [7, 11) is 1.51. The molecule has 0 aliphatic rings. The largest absolute Gasteiger partial charge is 0.358 e. The quantitative estimate of drug-likeness (QED) is 0.722. The number of aryl methyl sites for hydroxylation is 1. The second-order valence-corrected chi connectivity index (χ2v) is 5.39. The molecule has 0 radical (unpaired) electrons. The maximum Gasteiger partial charge on any atom is 0.239 e. The highest BCUT2D eigenvalue weighted by molar-refractivity contribution is 7.99. The van der Waals surface area contributed by atoms with Gasteiger partial charge in [0.1, 0.15) is 0 Å². The van der Waals surface area contributed by atoms with Crippen molar-refractivity contribution in [1.29, 1.82) is 0 Å². The van der Waals surface area contributed by atoms with Crippen LogP contribution in [0, 0.1) is 6.92 Å². The number of hydrogen-bond acceptors (Lipinski definition) is 6. The van der Waals surface area contributed by atoms with Crippen LogP contribution in [0.1, 0.15) is 5.56 Å². The van der Waals surface area contributed by atoms with E-state index in [1.807, 2.05) is 31.2 Å². The highest BCUT2D eigenvalue weighted by atomic mass is 32.2. The van der Waals surface area contributed by atoms with Crippen LogP contribution in [0.5, 0.6) is 0 Å². The maximum absolute atomic E-state index is 11.7. The van der Waals surface area contributed by atoms with Gasteiger partial charge in [-0.2, -0.15) is 4.68 Å². The van der Waals surface area contributed by atoms with Crippen molar-refractivity contribution in [3.63, 3.8) is 0 Å². The van der Waals surface area contributed by atoms with Crippen LogP contribution in [-0.4, -0.2) is 51.4 Å². The molecule has 2 rings (SSSR count). The van der Waals surface area contributed by atoms with Crippen LogP contribution in [0.25, 0.3) is 5.69 Å². The Bertz CT molecular complexity index is 655. The van der Waals surface area contributed by atoms with Gasteiger partial charge in [0, 0.05) is 7.05 Å². The molecule has 0 fully saturated rings. The molecular weight excluding hydrogens is 304 g/mol. The molecule has 1 aromatic carbocycles. The number of amides is 2. The van der Waals surface area contributed by atoms with E-state index in [-0.39, 0.29) is 24.1 Å². The van der Waals surface area contributed by atoms with Gasteiger partial charge >= 0.3 is 0 Å². The average Bonchev–Trinajstić information content (AvgIpc) is 2.99. The van der Waals surface area contributed by atoms with Crippen LogP contribution < -0.4 is 10.6 Å². The van der Waals surface area contributed by atoms with Gasteiger partial charge in [-0.25, -0.2) is 0 Å². The first-order chi connectivity index (χ1) is 10.6. The third kappa shape index (κ3) is 4.29. The number of hydrogen-bond donors (Lipinski definition) is 2. The van der Waals surface area contributed by atoms with E-state index in [1.54, 1.807) is 4.68 Å². The molecule has 22 heavy (non-hydrogen) atoms. The summed E-state index contributed by atoms with van der Waals surface area (Å²) in [6.07, 6.45) is 0. The zero-order chi connectivity index (χ0) is 15.9. The number of nitrogens with one attached hydrogen (secondary N) is 2. The molecular formula is C13H16N6O2S. The van der Waals surface area contributed by atoms with E-state index in [0.717, 1.165) is 11.3 Å². The second kappa shape index (κ2) is 7.55. The van der Waals surface area contributed by atoms with Gasteiger partial charge in [0.25, 0.3) is 0 Å². The molecule has 1 heterocycles.